The minimum Gasteiger partial charge on any atom is -0.394 e. The molecular formula is C8H12N2O3S. The van der Waals surface area contributed by atoms with Gasteiger partial charge in [0.25, 0.3) is 0 Å². The summed E-state index contributed by atoms with van der Waals surface area (Å²) in [5, 5.41) is 8.73. The van der Waals surface area contributed by atoms with Gasteiger partial charge < -0.3 is 10.8 Å². The van der Waals surface area contributed by atoms with E-state index in [1.807, 2.05) is 0 Å². The highest BCUT2D eigenvalue weighted by molar-refractivity contribution is 7.90. The number of pyridine rings is 1. The van der Waals surface area contributed by atoms with Crippen molar-refractivity contribution < 1.29 is 13.5 Å². The Morgan fingerprint density at radius 2 is 2.21 bits per heavy atom. The number of aliphatic hydroxyl groups is 1. The van der Waals surface area contributed by atoms with E-state index in [4.69, 9.17) is 10.8 Å². The van der Waals surface area contributed by atoms with E-state index in [9.17, 15) is 8.42 Å². The highest BCUT2D eigenvalue weighted by Gasteiger charge is 2.09. The minimum atomic E-state index is -3.22. The average Bonchev–Trinajstić information content (AvgIpc) is 2.15. The molecule has 0 spiro atoms. The Balaban J connectivity index is 3.01. The van der Waals surface area contributed by atoms with Crippen LogP contribution in [-0.2, 0) is 9.84 Å². The number of nitrogens with zero attached hydrogens (tertiary/aromatic N) is 1. The number of nitrogens with two attached hydrogens (primary N) is 1. The van der Waals surface area contributed by atoms with Crippen LogP contribution in [0.15, 0.2) is 23.2 Å². The summed E-state index contributed by atoms with van der Waals surface area (Å²) in [5.74, 6) is 0. The molecule has 0 aliphatic carbocycles. The lowest BCUT2D eigenvalue weighted by molar-refractivity contribution is 0.266. The number of sulfone groups is 1. The monoisotopic (exact) mass is 216 g/mol. The van der Waals surface area contributed by atoms with Crippen LogP contribution in [0.2, 0.25) is 0 Å². The Kier molecular flexibility index (Phi) is 3.20. The normalized spacial score (nSPS) is 13.9. The first kappa shape index (κ1) is 11.1. The average molecular weight is 216 g/mol. The van der Waals surface area contributed by atoms with Gasteiger partial charge >= 0.3 is 0 Å². The maximum Gasteiger partial charge on any atom is 0.177 e. The molecule has 0 unspecified atom stereocenters. The summed E-state index contributed by atoms with van der Waals surface area (Å²) in [5.41, 5.74) is 5.96. The lowest BCUT2D eigenvalue weighted by atomic mass is 10.2. The fourth-order valence-electron chi connectivity index (χ4n) is 0.924. The molecule has 0 bridgehead atoms. The zero-order valence-electron chi connectivity index (χ0n) is 7.71. The molecule has 1 heterocycles. The molecule has 1 aromatic rings. The molecule has 0 saturated heterocycles. The van der Waals surface area contributed by atoms with Gasteiger partial charge in [0.2, 0.25) is 0 Å². The second kappa shape index (κ2) is 4.04. The summed E-state index contributed by atoms with van der Waals surface area (Å²) >= 11 is 0. The number of hydrogen-bond acceptors (Lipinski definition) is 5. The van der Waals surface area contributed by atoms with Crippen molar-refractivity contribution in [3.8, 4) is 0 Å². The molecule has 1 atom stereocenters. The Hall–Kier alpha value is -0.980. The zero-order chi connectivity index (χ0) is 10.8. The number of aliphatic hydroxyl groups excluding tert-OH is 1. The van der Waals surface area contributed by atoms with E-state index in [0.717, 1.165) is 6.26 Å². The molecule has 3 N–H and O–H groups in total. The van der Waals surface area contributed by atoms with Crippen LogP contribution in [0.1, 0.15) is 11.7 Å². The van der Waals surface area contributed by atoms with Crippen LogP contribution in [0.4, 0.5) is 0 Å². The molecule has 0 radical (unpaired) electrons. The maximum atomic E-state index is 11.1. The number of hydrogen-bond donors (Lipinski definition) is 2. The van der Waals surface area contributed by atoms with Crippen molar-refractivity contribution in [3.63, 3.8) is 0 Å². The first-order valence-electron chi connectivity index (χ1n) is 3.97. The smallest absolute Gasteiger partial charge is 0.177 e. The summed E-state index contributed by atoms with van der Waals surface area (Å²) < 4.78 is 22.1. The van der Waals surface area contributed by atoms with Gasteiger partial charge in [-0.2, -0.15) is 0 Å². The molecule has 0 aromatic carbocycles. The van der Waals surface area contributed by atoms with Crippen molar-refractivity contribution in [1.29, 1.82) is 0 Å². The van der Waals surface area contributed by atoms with Gasteiger partial charge in [0.1, 0.15) is 0 Å². The highest BCUT2D eigenvalue weighted by atomic mass is 32.2. The molecule has 0 fully saturated rings. The van der Waals surface area contributed by atoms with Gasteiger partial charge in [-0.05, 0) is 12.1 Å². The standard InChI is InChI=1S/C8H12N2O3S/c1-14(12,13)6-2-3-8(10-4-6)7(9)5-11/h2-4,7,11H,5,9H2,1H3/t7-/m0/s1. The third-order valence-corrected chi connectivity index (χ3v) is 2.86. The first-order valence-corrected chi connectivity index (χ1v) is 5.86. The molecule has 14 heavy (non-hydrogen) atoms. The van der Waals surface area contributed by atoms with E-state index < -0.39 is 15.9 Å². The summed E-state index contributed by atoms with van der Waals surface area (Å²) in [6.07, 6.45) is 2.34. The van der Waals surface area contributed by atoms with E-state index in [2.05, 4.69) is 4.98 Å². The highest BCUT2D eigenvalue weighted by Crippen LogP contribution is 2.10. The van der Waals surface area contributed by atoms with Gasteiger partial charge in [-0.1, -0.05) is 0 Å². The molecule has 78 valence electrons. The third kappa shape index (κ3) is 2.50. The van der Waals surface area contributed by atoms with E-state index in [1.54, 1.807) is 0 Å². The summed E-state index contributed by atoms with van der Waals surface area (Å²) in [6.45, 7) is -0.217. The van der Waals surface area contributed by atoms with Gasteiger partial charge in [-0.3, -0.25) is 4.98 Å². The molecule has 6 heteroatoms. The Morgan fingerprint density at radius 1 is 1.57 bits per heavy atom. The molecule has 0 aliphatic heterocycles. The Bertz CT molecular complexity index is 399. The van der Waals surface area contributed by atoms with E-state index in [0.29, 0.717) is 5.69 Å². The second-order valence-electron chi connectivity index (χ2n) is 2.98. The van der Waals surface area contributed by atoms with E-state index in [-0.39, 0.29) is 11.5 Å². The maximum absolute atomic E-state index is 11.1. The van der Waals surface area contributed by atoms with Gasteiger partial charge in [0, 0.05) is 12.5 Å². The van der Waals surface area contributed by atoms with Crippen LogP contribution in [0.5, 0.6) is 0 Å². The predicted octanol–water partition coefficient (Wildman–Crippen LogP) is -0.523. The van der Waals surface area contributed by atoms with Crippen LogP contribution in [0, 0.1) is 0 Å². The van der Waals surface area contributed by atoms with Crippen molar-refractivity contribution in [2.24, 2.45) is 5.73 Å². The fraction of sp³-hybridized carbons (Fsp3) is 0.375. The van der Waals surface area contributed by atoms with Crippen molar-refractivity contribution in [2.75, 3.05) is 12.9 Å². The van der Waals surface area contributed by atoms with Gasteiger partial charge in [0.05, 0.1) is 23.2 Å². The Labute approximate surface area is 82.5 Å². The number of aromatic nitrogens is 1. The van der Waals surface area contributed by atoms with Gasteiger partial charge in [-0.15, -0.1) is 0 Å². The summed E-state index contributed by atoms with van der Waals surface area (Å²) in [4.78, 5) is 4.00. The largest absolute Gasteiger partial charge is 0.394 e. The SMILES string of the molecule is CS(=O)(=O)c1ccc([C@@H](N)CO)nc1. The van der Waals surface area contributed by atoms with Crippen molar-refractivity contribution in [3.05, 3.63) is 24.0 Å². The van der Waals surface area contributed by atoms with Crippen molar-refractivity contribution in [2.45, 2.75) is 10.9 Å². The topological polar surface area (TPSA) is 93.3 Å². The minimum absolute atomic E-state index is 0.145. The zero-order valence-corrected chi connectivity index (χ0v) is 8.53. The fourth-order valence-corrected chi connectivity index (χ4v) is 1.48. The van der Waals surface area contributed by atoms with Gasteiger partial charge in [-0.25, -0.2) is 8.42 Å². The molecule has 0 amide bonds. The van der Waals surface area contributed by atoms with Crippen molar-refractivity contribution >= 4 is 9.84 Å². The number of rotatable bonds is 3. The van der Waals surface area contributed by atoms with E-state index >= 15 is 0 Å². The Morgan fingerprint density at radius 3 is 2.57 bits per heavy atom. The third-order valence-electron chi connectivity index (χ3n) is 1.76. The van der Waals surface area contributed by atoms with Crippen LogP contribution in [-0.4, -0.2) is 31.4 Å². The van der Waals surface area contributed by atoms with Crippen LogP contribution >= 0.6 is 0 Å². The quantitative estimate of drug-likeness (QED) is 0.709. The van der Waals surface area contributed by atoms with Crippen molar-refractivity contribution in [1.82, 2.24) is 4.98 Å². The molecular weight excluding hydrogens is 204 g/mol. The lowest BCUT2D eigenvalue weighted by Crippen LogP contribution is -2.16. The first-order chi connectivity index (χ1) is 6.45. The van der Waals surface area contributed by atoms with E-state index in [1.165, 1.54) is 18.3 Å². The van der Waals surface area contributed by atoms with Crippen LogP contribution in [0.25, 0.3) is 0 Å². The molecule has 0 saturated carbocycles. The summed E-state index contributed by atoms with van der Waals surface area (Å²) in [7, 11) is -3.22. The van der Waals surface area contributed by atoms with Crippen LogP contribution < -0.4 is 5.73 Å². The summed E-state index contributed by atoms with van der Waals surface area (Å²) in [6, 6.07) is 2.35. The van der Waals surface area contributed by atoms with Gasteiger partial charge in [0.15, 0.2) is 9.84 Å². The second-order valence-corrected chi connectivity index (χ2v) is 5.00. The van der Waals surface area contributed by atoms with Crippen LogP contribution in [0.3, 0.4) is 0 Å². The molecule has 1 rings (SSSR count). The molecule has 5 nitrogen and oxygen atoms in total. The molecule has 0 aliphatic rings. The lowest BCUT2D eigenvalue weighted by Gasteiger charge is -2.07. The predicted molar refractivity (Wildman–Crippen MR) is 51.4 cm³/mol. The molecule has 1 aromatic heterocycles.